The molecule has 0 aliphatic carbocycles. The molecule has 0 N–H and O–H groups in total. The minimum atomic E-state index is 0.264. The van der Waals surface area contributed by atoms with E-state index in [1.165, 1.54) is 6.08 Å². The molecular formula is C12H15NO4. The van der Waals surface area contributed by atoms with Crippen molar-refractivity contribution >= 4 is 6.08 Å². The van der Waals surface area contributed by atoms with E-state index in [1.807, 2.05) is 6.07 Å². The quantitative estimate of drug-likeness (QED) is 0.558. The van der Waals surface area contributed by atoms with Gasteiger partial charge in [-0.2, -0.15) is 0 Å². The van der Waals surface area contributed by atoms with Gasteiger partial charge in [-0.1, -0.05) is 0 Å². The Kier molecular flexibility index (Phi) is 5.20. The molecule has 0 atom stereocenters. The van der Waals surface area contributed by atoms with Crippen LogP contribution in [0.2, 0.25) is 0 Å². The number of ether oxygens (including phenoxy) is 3. The van der Waals surface area contributed by atoms with Gasteiger partial charge < -0.3 is 14.2 Å². The van der Waals surface area contributed by atoms with Crippen LogP contribution in [-0.2, 0) is 22.7 Å². The van der Waals surface area contributed by atoms with Crippen LogP contribution in [-0.4, -0.2) is 27.4 Å². The second kappa shape index (κ2) is 6.68. The van der Waals surface area contributed by atoms with Crippen LogP contribution in [0.15, 0.2) is 17.1 Å². The van der Waals surface area contributed by atoms with Gasteiger partial charge in [0.1, 0.15) is 0 Å². The van der Waals surface area contributed by atoms with E-state index in [2.05, 4.69) is 4.99 Å². The molecule has 0 saturated carbocycles. The highest BCUT2D eigenvalue weighted by Crippen LogP contribution is 2.33. The maximum atomic E-state index is 10.1. The second-order valence-corrected chi connectivity index (χ2v) is 3.33. The molecule has 0 amide bonds. The van der Waals surface area contributed by atoms with Crippen LogP contribution in [0, 0.1) is 0 Å². The van der Waals surface area contributed by atoms with Gasteiger partial charge in [-0.3, -0.25) is 0 Å². The maximum Gasteiger partial charge on any atom is 0.235 e. The van der Waals surface area contributed by atoms with Gasteiger partial charge in [0.2, 0.25) is 6.08 Å². The number of carbonyl (C=O) groups excluding carboxylic acids is 1. The lowest BCUT2D eigenvalue weighted by Crippen LogP contribution is -1.99. The fourth-order valence-electron chi connectivity index (χ4n) is 1.58. The first kappa shape index (κ1) is 13.2. The minimum Gasteiger partial charge on any atom is -0.493 e. The zero-order chi connectivity index (χ0) is 12.7. The number of hydrogen-bond donors (Lipinski definition) is 0. The van der Waals surface area contributed by atoms with E-state index in [0.29, 0.717) is 18.1 Å². The summed E-state index contributed by atoms with van der Waals surface area (Å²) in [6, 6.07) is 3.64. The molecule has 0 aromatic heterocycles. The van der Waals surface area contributed by atoms with Crippen molar-refractivity contribution in [3.8, 4) is 11.5 Å². The fraction of sp³-hybridized carbons (Fsp3) is 0.417. The molecule has 0 unspecified atom stereocenters. The average Bonchev–Trinajstić information content (AvgIpc) is 2.36. The van der Waals surface area contributed by atoms with E-state index >= 15 is 0 Å². The third-order valence-electron chi connectivity index (χ3n) is 2.24. The first-order valence-corrected chi connectivity index (χ1v) is 5.03. The number of isocyanates is 1. The fourth-order valence-corrected chi connectivity index (χ4v) is 1.58. The normalized spacial score (nSPS) is 9.59. The Labute approximate surface area is 100 Å². The average molecular weight is 237 g/mol. The van der Waals surface area contributed by atoms with Gasteiger partial charge in [-0.15, -0.1) is 0 Å². The molecule has 0 aliphatic heterocycles. The summed E-state index contributed by atoms with van der Waals surface area (Å²) in [5, 5.41) is 0. The van der Waals surface area contributed by atoms with Gasteiger partial charge in [0.25, 0.3) is 0 Å². The zero-order valence-corrected chi connectivity index (χ0v) is 10.1. The third kappa shape index (κ3) is 3.31. The van der Waals surface area contributed by atoms with Gasteiger partial charge in [-0.05, 0) is 17.7 Å². The predicted molar refractivity (Wildman–Crippen MR) is 62.1 cm³/mol. The lowest BCUT2D eigenvalue weighted by atomic mass is 10.1. The van der Waals surface area contributed by atoms with Crippen molar-refractivity contribution in [2.45, 2.75) is 13.2 Å². The number of benzene rings is 1. The SMILES string of the molecule is COCc1cc(CN=C=O)cc(OC)c1OC. The number of nitrogens with zero attached hydrogens (tertiary/aromatic N) is 1. The summed E-state index contributed by atoms with van der Waals surface area (Å²) in [6.45, 7) is 0.665. The van der Waals surface area contributed by atoms with Crippen molar-refractivity contribution in [3.63, 3.8) is 0 Å². The van der Waals surface area contributed by atoms with Gasteiger partial charge >= 0.3 is 0 Å². The number of rotatable bonds is 6. The molecule has 5 heteroatoms. The van der Waals surface area contributed by atoms with Gasteiger partial charge in [0.15, 0.2) is 11.5 Å². The molecule has 1 aromatic carbocycles. The zero-order valence-electron chi connectivity index (χ0n) is 10.1. The molecule has 0 heterocycles. The van der Waals surface area contributed by atoms with Crippen LogP contribution in [0.1, 0.15) is 11.1 Å². The molecule has 1 aromatic rings. The molecular weight excluding hydrogens is 222 g/mol. The highest BCUT2D eigenvalue weighted by Gasteiger charge is 2.12. The van der Waals surface area contributed by atoms with Crippen molar-refractivity contribution < 1.29 is 19.0 Å². The smallest absolute Gasteiger partial charge is 0.235 e. The summed E-state index contributed by atoms with van der Waals surface area (Å²) in [6.07, 6.45) is 1.51. The van der Waals surface area contributed by atoms with E-state index in [-0.39, 0.29) is 6.54 Å². The largest absolute Gasteiger partial charge is 0.493 e. The van der Waals surface area contributed by atoms with Gasteiger partial charge in [0.05, 0.1) is 27.4 Å². The molecule has 92 valence electrons. The number of methoxy groups -OCH3 is 3. The van der Waals surface area contributed by atoms with E-state index in [4.69, 9.17) is 14.2 Å². The molecule has 0 bridgehead atoms. The first-order chi connectivity index (χ1) is 8.26. The van der Waals surface area contributed by atoms with Crippen LogP contribution in [0.25, 0.3) is 0 Å². The van der Waals surface area contributed by atoms with Gasteiger partial charge in [-0.25, -0.2) is 9.79 Å². The topological polar surface area (TPSA) is 57.1 Å². The maximum absolute atomic E-state index is 10.1. The Morgan fingerprint density at radius 2 is 2.00 bits per heavy atom. The summed E-state index contributed by atoms with van der Waals surface area (Å²) >= 11 is 0. The van der Waals surface area contributed by atoms with Crippen LogP contribution in [0.3, 0.4) is 0 Å². The van der Waals surface area contributed by atoms with E-state index in [1.54, 1.807) is 27.4 Å². The Hall–Kier alpha value is -1.84. The molecule has 0 fully saturated rings. The van der Waals surface area contributed by atoms with E-state index in [9.17, 15) is 4.79 Å². The van der Waals surface area contributed by atoms with Crippen molar-refractivity contribution in [1.29, 1.82) is 0 Å². The lowest BCUT2D eigenvalue weighted by molar-refractivity contribution is 0.180. The van der Waals surface area contributed by atoms with E-state index in [0.717, 1.165) is 11.1 Å². The molecule has 0 saturated heterocycles. The van der Waals surface area contributed by atoms with Crippen LogP contribution in [0.5, 0.6) is 11.5 Å². The van der Waals surface area contributed by atoms with Crippen LogP contribution >= 0.6 is 0 Å². The molecule has 5 nitrogen and oxygen atoms in total. The second-order valence-electron chi connectivity index (χ2n) is 3.33. The van der Waals surface area contributed by atoms with Crippen LogP contribution in [0.4, 0.5) is 0 Å². The highest BCUT2D eigenvalue weighted by atomic mass is 16.5. The number of hydrogen-bond acceptors (Lipinski definition) is 5. The molecule has 0 radical (unpaired) electrons. The molecule has 1 rings (SSSR count). The van der Waals surface area contributed by atoms with E-state index < -0.39 is 0 Å². The lowest BCUT2D eigenvalue weighted by Gasteiger charge is -2.13. The summed E-state index contributed by atoms with van der Waals surface area (Å²) < 4.78 is 15.6. The van der Waals surface area contributed by atoms with Crippen LogP contribution < -0.4 is 9.47 Å². The van der Waals surface area contributed by atoms with Gasteiger partial charge in [0, 0.05) is 12.7 Å². The standard InChI is InChI=1S/C12H15NO4/c1-15-7-10-4-9(6-13-8-14)5-11(16-2)12(10)17-3/h4-5H,6-7H2,1-3H3. The highest BCUT2D eigenvalue weighted by molar-refractivity contribution is 5.49. The Morgan fingerprint density at radius 1 is 1.24 bits per heavy atom. The predicted octanol–water partition coefficient (Wildman–Crippen LogP) is 1.69. The molecule has 0 aliphatic rings. The Morgan fingerprint density at radius 3 is 2.53 bits per heavy atom. The summed E-state index contributed by atoms with van der Waals surface area (Å²) in [5.41, 5.74) is 1.70. The molecule has 17 heavy (non-hydrogen) atoms. The monoisotopic (exact) mass is 237 g/mol. The first-order valence-electron chi connectivity index (χ1n) is 5.03. The third-order valence-corrected chi connectivity index (χ3v) is 2.24. The van der Waals surface area contributed by atoms with Crippen molar-refractivity contribution in [2.75, 3.05) is 21.3 Å². The molecule has 0 spiro atoms. The summed E-state index contributed by atoms with van der Waals surface area (Å²) in [5.74, 6) is 1.23. The minimum absolute atomic E-state index is 0.264. The number of aliphatic imine (C=N–C) groups is 1. The van der Waals surface area contributed by atoms with Crippen molar-refractivity contribution in [3.05, 3.63) is 23.3 Å². The van der Waals surface area contributed by atoms with Crippen molar-refractivity contribution in [1.82, 2.24) is 0 Å². The Balaban J connectivity index is 3.18. The summed E-state index contributed by atoms with van der Waals surface area (Å²) in [7, 11) is 4.73. The Bertz CT molecular complexity index is 425. The summed E-state index contributed by atoms with van der Waals surface area (Å²) in [4.78, 5) is 13.6. The van der Waals surface area contributed by atoms with Crippen molar-refractivity contribution in [2.24, 2.45) is 4.99 Å².